The van der Waals surface area contributed by atoms with Gasteiger partial charge in [0.15, 0.2) is 0 Å². The summed E-state index contributed by atoms with van der Waals surface area (Å²) in [6.07, 6.45) is 0. The molecule has 0 spiro atoms. The van der Waals surface area contributed by atoms with Crippen LogP contribution in [0, 0.1) is 0 Å². The number of hydrogen-bond acceptors (Lipinski definition) is 12. The third-order valence-electron chi connectivity index (χ3n) is 3.77. The lowest BCUT2D eigenvalue weighted by molar-refractivity contribution is 2.22. The van der Waals surface area contributed by atoms with Crippen molar-refractivity contribution in [3.05, 3.63) is 88.0 Å². The van der Waals surface area contributed by atoms with E-state index >= 15 is 0 Å². The standard InChI is InChI=1S/C18H9PS12/c1-2-21-13(20-1)16-26-7-10(29-16)19(11-8-27-17(30-11)14-22-3-4-23-14)12-9-28-18(31-12)15-24-5-6-25-15/h1-9H. The normalized spacial score (nSPS) is 25.3. The second kappa shape index (κ2) is 11.1. The fraction of sp³-hybridized carbons (Fsp3) is 0. The average molecular weight is 641 g/mol. The molecular weight excluding hydrogens is 632 g/mol. The van der Waals surface area contributed by atoms with Crippen LogP contribution in [0.3, 0.4) is 0 Å². The van der Waals surface area contributed by atoms with Crippen molar-refractivity contribution in [2.24, 2.45) is 0 Å². The Morgan fingerprint density at radius 1 is 0.355 bits per heavy atom. The van der Waals surface area contributed by atoms with E-state index in [1.807, 2.05) is 141 Å². The molecule has 6 rings (SSSR count). The SMILES string of the molecule is C1=CSC(=C2SC=C(P(C3=CSC(=C4SC=CS4)S3)C3=CSC(=C4SC=CS4)S3)S2)S1. The summed E-state index contributed by atoms with van der Waals surface area (Å²) in [7, 11) is -0.497. The van der Waals surface area contributed by atoms with E-state index in [9.17, 15) is 0 Å². The van der Waals surface area contributed by atoms with E-state index in [-0.39, 0.29) is 0 Å². The minimum absolute atomic E-state index is 0.497. The highest BCUT2D eigenvalue weighted by atomic mass is 32.2. The average Bonchev–Trinajstić information content (AvgIpc) is 3.61. The maximum Gasteiger partial charge on any atom is 0.0700 e. The molecule has 0 aromatic carbocycles. The third-order valence-corrected chi connectivity index (χ3v) is 22.9. The molecule has 0 unspecified atom stereocenters. The van der Waals surface area contributed by atoms with Crippen molar-refractivity contribution in [3.63, 3.8) is 0 Å². The van der Waals surface area contributed by atoms with Crippen molar-refractivity contribution in [1.29, 1.82) is 0 Å². The van der Waals surface area contributed by atoms with Crippen LogP contribution in [0.4, 0.5) is 0 Å². The number of hydrogen-bond donors (Lipinski definition) is 0. The van der Waals surface area contributed by atoms with Gasteiger partial charge >= 0.3 is 0 Å². The van der Waals surface area contributed by atoms with E-state index in [2.05, 4.69) is 48.7 Å². The van der Waals surface area contributed by atoms with Crippen LogP contribution in [0.15, 0.2) is 88.0 Å². The summed E-state index contributed by atoms with van der Waals surface area (Å²) in [5.74, 6) is 0. The third kappa shape index (κ3) is 5.37. The molecule has 158 valence electrons. The Kier molecular flexibility index (Phi) is 8.50. The molecule has 0 aromatic heterocycles. The summed E-state index contributed by atoms with van der Waals surface area (Å²) in [6, 6.07) is 0. The second-order valence-electron chi connectivity index (χ2n) is 5.61. The van der Waals surface area contributed by atoms with Gasteiger partial charge in [0.05, 0.1) is 25.4 Å². The van der Waals surface area contributed by atoms with Crippen LogP contribution >= 0.6 is 149 Å². The summed E-state index contributed by atoms with van der Waals surface area (Å²) in [4.78, 5) is 0. The van der Waals surface area contributed by atoms with Gasteiger partial charge in [0.2, 0.25) is 0 Å². The molecule has 0 saturated carbocycles. The zero-order valence-corrected chi connectivity index (χ0v) is 25.7. The van der Waals surface area contributed by atoms with Gasteiger partial charge in [-0.05, 0) is 48.7 Å². The van der Waals surface area contributed by atoms with Crippen molar-refractivity contribution in [1.82, 2.24) is 0 Å². The van der Waals surface area contributed by atoms with Crippen LogP contribution in [-0.2, 0) is 0 Å². The minimum atomic E-state index is -0.497. The summed E-state index contributed by atoms with van der Waals surface area (Å²) < 4.78 is 13.2. The van der Waals surface area contributed by atoms with Gasteiger partial charge in [-0.2, -0.15) is 0 Å². The van der Waals surface area contributed by atoms with Gasteiger partial charge in [-0.25, -0.2) is 0 Å². The molecule has 0 nitrogen and oxygen atoms in total. The smallest absolute Gasteiger partial charge is 0.0700 e. The zero-order chi connectivity index (χ0) is 20.6. The molecule has 0 saturated heterocycles. The molecule has 0 atom stereocenters. The highest BCUT2D eigenvalue weighted by Gasteiger charge is 2.36. The van der Waals surface area contributed by atoms with Crippen LogP contribution in [0.25, 0.3) is 0 Å². The molecule has 0 bridgehead atoms. The maximum absolute atomic E-state index is 2.42. The number of rotatable bonds is 3. The summed E-state index contributed by atoms with van der Waals surface area (Å²) >= 11 is 22.9. The van der Waals surface area contributed by atoms with Crippen LogP contribution in [-0.4, -0.2) is 0 Å². The molecule has 0 fully saturated rings. The highest BCUT2D eigenvalue weighted by Crippen LogP contribution is 2.78. The van der Waals surface area contributed by atoms with Crippen LogP contribution in [0.2, 0.25) is 0 Å². The lowest BCUT2D eigenvalue weighted by Crippen LogP contribution is -1.80. The summed E-state index contributed by atoms with van der Waals surface area (Å²) in [5.41, 5.74) is 0. The molecule has 6 aliphatic rings. The molecule has 13 heteroatoms. The Morgan fingerprint density at radius 2 is 0.645 bits per heavy atom. The van der Waals surface area contributed by atoms with Crippen molar-refractivity contribution < 1.29 is 0 Å². The Balaban J connectivity index is 1.27. The van der Waals surface area contributed by atoms with Gasteiger partial charge in [-0.15, -0.1) is 0 Å². The first kappa shape index (κ1) is 23.7. The molecular formula is C18H9PS12. The van der Waals surface area contributed by atoms with Crippen molar-refractivity contribution in [2.75, 3.05) is 0 Å². The van der Waals surface area contributed by atoms with E-state index in [0.717, 1.165) is 0 Å². The largest absolute Gasteiger partial charge is 0.0884 e. The molecule has 0 N–H and O–H groups in total. The molecule has 0 aliphatic carbocycles. The Morgan fingerprint density at radius 3 is 0.935 bits per heavy atom. The van der Waals surface area contributed by atoms with Crippen LogP contribution in [0.5, 0.6) is 0 Å². The summed E-state index contributed by atoms with van der Waals surface area (Å²) in [6.45, 7) is 0. The Labute approximate surface area is 234 Å². The van der Waals surface area contributed by atoms with Gasteiger partial charge in [-0.1, -0.05) is 141 Å². The first-order chi connectivity index (χ1) is 15.3. The van der Waals surface area contributed by atoms with Crippen molar-refractivity contribution >= 4 is 149 Å². The molecule has 0 aromatic rings. The predicted octanol–water partition coefficient (Wildman–Crippen LogP) is 12.5. The Bertz CT molecular complexity index is 935. The molecule has 31 heavy (non-hydrogen) atoms. The van der Waals surface area contributed by atoms with E-state index in [1.165, 1.54) is 39.4 Å². The quantitative estimate of drug-likeness (QED) is 0.269. The van der Waals surface area contributed by atoms with E-state index in [4.69, 9.17) is 0 Å². The molecule has 0 amide bonds. The monoisotopic (exact) mass is 640 g/mol. The van der Waals surface area contributed by atoms with Crippen molar-refractivity contribution in [2.45, 2.75) is 0 Å². The van der Waals surface area contributed by atoms with Crippen LogP contribution in [0.1, 0.15) is 0 Å². The Hall–Kier alpha value is 2.29. The van der Waals surface area contributed by atoms with Gasteiger partial charge in [-0.3, -0.25) is 0 Å². The predicted molar refractivity (Wildman–Crippen MR) is 171 cm³/mol. The zero-order valence-electron chi connectivity index (χ0n) is 15.0. The molecule has 6 aliphatic heterocycles. The van der Waals surface area contributed by atoms with Crippen LogP contribution < -0.4 is 0 Å². The van der Waals surface area contributed by atoms with Gasteiger partial charge in [0, 0.05) is 21.9 Å². The van der Waals surface area contributed by atoms with Gasteiger partial charge < -0.3 is 0 Å². The fourth-order valence-corrected chi connectivity index (χ4v) is 21.9. The molecule has 6 heterocycles. The minimum Gasteiger partial charge on any atom is -0.0884 e. The van der Waals surface area contributed by atoms with Gasteiger partial charge in [0.1, 0.15) is 0 Å². The van der Waals surface area contributed by atoms with E-state index < -0.39 is 7.92 Å². The maximum atomic E-state index is 2.42. The first-order valence-corrected chi connectivity index (χ1v) is 20.2. The number of thioether (sulfide) groups is 12. The van der Waals surface area contributed by atoms with Gasteiger partial charge in [0.25, 0.3) is 0 Å². The lowest BCUT2D eigenvalue weighted by atomic mass is 11.2. The summed E-state index contributed by atoms with van der Waals surface area (Å²) in [5, 5.41) is 20.4. The lowest BCUT2D eigenvalue weighted by Gasteiger charge is -2.19. The molecule has 0 radical (unpaired) electrons. The highest BCUT2D eigenvalue weighted by molar-refractivity contribution is 8.41. The topological polar surface area (TPSA) is 0 Å². The fourth-order valence-electron chi connectivity index (χ4n) is 2.54. The van der Waals surface area contributed by atoms with Crippen molar-refractivity contribution in [3.8, 4) is 0 Å². The first-order valence-electron chi connectivity index (χ1n) is 8.47. The van der Waals surface area contributed by atoms with E-state index in [1.54, 1.807) is 0 Å². The van der Waals surface area contributed by atoms with E-state index in [0.29, 0.717) is 0 Å². The second-order valence-corrected chi connectivity index (χ2v) is 21.5.